The van der Waals surface area contributed by atoms with E-state index in [0.29, 0.717) is 30.5 Å². The third-order valence-electron chi connectivity index (χ3n) is 3.65. The lowest BCUT2D eigenvalue weighted by Gasteiger charge is -2.10. The van der Waals surface area contributed by atoms with E-state index in [4.69, 9.17) is 0 Å². The van der Waals surface area contributed by atoms with E-state index in [1.165, 1.54) is 6.07 Å². The second-order valence-corrected chi connectivity index (χ2v) is 5.71. The van der Waals surface area contributed by atoms with Crippen LogP contribution in [0, 0.1) is 24.4 Å². The fourth-order valence-corrected chi connectivity index (χ4v) is 2.48. The molecule has 26 heavy (non-hydrogen) atoms. The highest BCUT2D eigenvalue weighted by atomic mass is 19.2. The van der Waals surface area contributed by atoms with Gasteiger partial charge in [-0.3, -0.25) is 4.79 Å². The summed E-state index contributed by atoms with van der Waals surface area (Å²) in [5, 5.41) is 3.04. The van der Waals surface area contributed by atoms with Crippen molar-refractivity contribution in [1.29, 1.82) is 0 Å². The lowest BCUT2D eigenvalue weighted by Crippen LogP contribution is -2.10. The lowest BCUT2D eigenvalue weighted by atomic mass is 10.1. The van der Waals surface area contributed by atoms with Gasteiger partial charge in [-0.15, -0.1) is 0 Å². The van der Waals surface area contributed by atoms with Crippen LogP contribution >= 0.6 is 0 Å². The summed E-state index contributed by atoms with van der Waals surface area (Å²) in [7, 11) is 0. The van der Waals surface area contributed by atoms with Crippen molar-refractivity contribution in [2.75, 3.05) is 11.9 Å². The summed E-state index contributed by atoms with van der Waals surface area (Å²) in [4.78, 5) is 22.0. The summed E-state index contributed by atoms with van der Waals surface area (Å²) in [5.74, 6) is -3.13. The average Bonchev–Trinajstić information content (AvgIpc) is 2.57. The zero-order valence-electron chi connectivity index (χ0n) is 13.8. The quantitative estimate of drug-likeness (QED) is 0.686. The largest absolute Gasteiger partial charge is 0.370 e. The third-order valence-corrected chi connectivity index (χ3v) is 3.65. The van der Waals surface area contributed by atoms with Crippen molar-refractivity contribution in [3.63, 3.8) is 0 Å². The van der Waals surface area contributed by atoms with Crippen molar-refractivity contribution in [2.24, 2.45) is 0 Å². The molecular weight excluding hydrogens is 345 g/mol. The van der Waals surface area contributed by atoms with Crippen LogP contribution in [-0.4, -0.2) is 21.5 Å². The summed E-state index contributed by atoms with van der Waals surface area (Å²) in [6.45, 7) is 2.12. The first-order valence-corrected chi connectivity index (χ1v) is 7.84. The molecular formula is C18H15F3N4O. The van der Waals surface area contributed by atoms with Crippen LogP contribution in [0.4, 0.5) is 19.0 Å². The number of nitrogens with zero attached hydrogens (tertiary/aromatic N) is 2. The Kier molecular flexibility index (Phi) is 5.01. The Balaban J connectivity index is 1.81. The Morgan fingerprint density at radius 1 is 1.12 bits per heavy atom. The minimum absolute atomic E-state index is 0.112. The number of hydrogen-bond donors (Lipinski definition) is 2. The van der Waals surface area contributed by atoms with Crippen molar-refractivity contribution in [1.82, 2.24) is 15.0 Å². The number of pyridine rings is 1. The smallest absolute Gasteiger partial charge is 0.248 e. The normalized spacial score (nSPS) is 10.8. The number of aromatic amines is 1. The van der Waals surface area contributed by atoms with Gasteiger partial charge in [0.25, 0.3) is 0 Å². The second kappa shape index (κ2) is 7.38. The number of aromatic nitrogens is 3. The number of hydrogen-bond acceptors (Lipinski definition) is 4. The maximum atomic E-state index is 14.0. The summed E-state index contributed by atoms with van der Waals surface area (Å²) >= 11 is 0. The molecule has 2 aromatic heterocycles. The lowest BCUT2D eigenvalue weighted by molar-refractivity contribution is 0.497. The first-order valence-electron chi connectivity index (χ1n) is 7.84. The second-order valence-electron chi connectivity index (χ2n) is 5.71. The number of H-pyrrole nitrogens is 1. The Labute approximate surface area is 147 Å². The molecule has 0 amide bonds. The Hall–Kier alpha value is -3.16. The predicted octanol–water partition coefficient (Wildman–Crippen LogP) is 3.21. The molecule has 0 fully saturated rings. The van der Waals surface area contributed by atoms with Crippen molar-refractivity contribution >= 4 is 5.82 Å². The summed E-state index contributed by atoms with van der Waals surface area (Å²) < 4.78 is 40.8. The fraction of sp³-hybridized carbons (Fsp3) is 0.167. The zero-order valence-corrected chi connectivity index (χ0v) is 13.8. The van der Waals surface area contributed by atoms with Gasteiger partial charge in [0.15, 0.2) is 17.5 Å². The van der Waals surface area contributed by atoms with E-state index in [9.17, 15) is 18.0 Å². The minimum Gasteiger partial charge on any atom is -0.370 e. The highest BCUT2D eigenvalue weighted by molar-refractivity contribution is 5.58. The van der Waals surface area contributed by atoms with E-state index in [-0.39, 0.29) is 16.9 Å². The van der Waals surface area contributed by atoms with E-state index < -0.39 is 17.5 Å². The molecule has 2 N–H and O–H groups in total. The van der Waals surface area contributed by atoms with E-state index in [1.54, 1.807) is 25.3 Å². The van der Waals surface area contributed by atoms with Crippen molar-refractivity contribution in [2.45, 2.75) is 13.3 Å². The highest BCUT2D eigenvalue weighted by Gasteiger charge is 2.16. The molecule has 1 aromatic carbocycles. The topological polar surface area (TPSA) is 70.7 Å². The number of nitrogens with one attached hydrogen (secondary N) is 2. The van der Waals surface area contributed by atoms with Crippen LogP contribution in [0.5, 0.6) is 0 Å². The molecule has 5 nitrogen and oxygen atoms in total. The Morgan fingerprint density at radius 3 is 2.69 bits per heavy atom. The Bertz CT molecular complexity index is 1000. The van der Waals surface area contributed by atoms with Crippen LogP contribution in [0.3, 0.4) is 0 Å². The van der Waals surface area contributed by atoms with E-state index in [0.717, 1.165) is 11.6 Å². The average molecular weight is 360 g/mol. The van der Waals surface area contributed by atoms with Crippen LogP contribution in [-0.2, 0) is 6.42 Å². The fourth-order valence-electron chi connectivity index (χ4n) is 2.48. The van der Waals surface area contributed by atoms with Gasteiger partial charge in [0.1, 0.15) is 11.6 Å². The first-order chi connectivity index (χ1) is 12.4. The molecule has 0 radical (unpaired) electrons. The molecule has 0 atom stereocenters. The van der Waals surface area contributed by atoms with Gasteiger partial charge in [0.2, 0.25) is 5.56 Å². The maximum Gasteiger partial charge on any atom is 0.248 e. The van der Waals surface area contributed by atoms with Crippen LogP contribution in [0.15, 0.2) is 41.3 Å². The molecule has 0 unspecified atom stereocenters. The first kappa shape index (κ1) is 17.7. The van der Waals surface area contributed by atoms with Gasteiger partial charge in [0.05, 0.1) is 5.56 Å². The standard InChI is InChI=1S/C18H15F3N4O/c1-10-6-15(22-4-2-11-3-5-23-16(26)7-11)25-18(24-10)13-8-12(19)9-14(20)17(13)21/h3,5-9H,2,4H2,1H3,(H,23,26)(H,22,24,25). The molecule has 0 aliphatic heterocycles. The molecule has 2 heterocycles. The maximum absolute atomic E-state index is 14.0. The molecule has 0 bridgehead atoms. The van der Waals surface area contributed by atoms with E-state index in [1.807, 2.05) is 0 Å². The Morgan fingerprint density at radius 2 is 1.92 bits per heavy atom. The monoisotopic (exact) mass is 360 g/mol. The van der Waals surface area contributed by atoms with Crippen molar-refractivity contribution in [3.8, 4) is 11.4 Å². The summed E-state index contributed by atoms with van der Waals surface area (Å²) in [6.07, 6.45) is 2.12. The number of aryl methyl sites for hydroxylation is 1. The third kappa shape index (κ3) is 4.08. The zero-order chi connectivity index (χ0) is 18.7. The SMILES string of the molecule is Cc1cc(NCCc2cc[nH]c(=O)c2)nc(-c2cc(F)cc(F)c2F)n1. The van der Waals surface area contributed by atoms with Gasteiger partial charge in [-0.05, 0) is 31.0 Å². The molecule has 0 aliphatic rings. The molecule has 0 saturated heterocycles. The van der Waals surface area contributed by atoms with Gasteiger partial charge in [-0.2, -0.15) is 0 Å². The molecule has 3 aromatic rings. The van der Waals surface area contributed by atoms with Gasteiger partial charge in [0, 0.05) is 36.6 Å². The van der Waals surface area contributed by atoms with Crippen LogP contribution in [0.2, 0.25) is 0 Å². The van der Waals surface area contributed by atoms with Crippen LogP contribution < -0.4 is 10.9 Å². The van der Waals surface area contributed by atoms with Gasteiger partial charge in [-0.1, -0.05) is 0 Å². The molecule has 8 heteroatoms. The molecule has 0 spiro atoms. The summed E-state index contributed by atoms with van der Waals surface area (Å²) in [5.41, 5.74) is 0.818. The molecule has 0 saturated carbocycles. The van der Waals surface area contributed by atoms with Gasteiger partial charge < -0.3 is 10.3 Å². The highest BCUT2D eigenvalue weighted by Crippen LogP contribution is 2.24. The number of benzene rings is 1. The summed E-state index contributed by atoms with van der Waals surface area (Å²) in [6, 6.07) is 6.23. The van der Waals surface area contributed by atoms with Crippen molar-refractivity contribution < 1.29 is 13.2 Å². The number of anilines is 1. The van der Waals surface area contributed by atoms with E-state index in [2.05, 4.69) is 20.3 Å². The molecule has 134 valence electrons. The van der Waals surface area contributed by atoms with Gasteiger partial charge >= 0.3 is 0 Å². The molecule has 3 rings (SSSR count). The van der Waals surface area contributed by atoms with Crippen molar-refractivity contribution in [3.05, 3.63) is 75.6 Å². The molecule has 0 aliphatic carbocycles. The minimum atomic E-state index is -1.30. The van der Waals surface area contributed by atoms with Crippen LogP contribution in [0.1, 0.15) is 11.3 Å². The number of rotatable bonds is 5. The predicted molar refractivity (Wildman–Crippen MR) is 91.3 cm³/mol. The number of halogens is 3. The van der Waals surface area contributed by atoms with Crippen LogP contribution in [0.25, 0.3) is 11.4 Å². The van der Waals surface area contributed by atoms with E-state index >= 15 is 0 Å². The van der Waals surface area contributed by atoms with Gasteiger partial charge in [-0.25, -0.2) is 23.1 Å².